The van der Waals surface area contributed by atoms with E-state index in [1.54, 1.807) is 43.3 Å². The second-order valence-corrected chi connectivity index (χ2v) is 8.41. The summed E-state index contributed by atoms with van der Waals surface area (Å²) in [5.74, 6) is -2.39. The van der Waals surface area contributed by atoms with Gasteiger partial charge in [0.1, 0.15) is 5.82 Å². The highest BCUT2D eigenvalue weighted by Gasteiger charge is 2.42. The van der Waals surface area contributed by atoms with Crippen LogP contribution in [-0.2, 0) is 23.9 Å². The minimum absolute atomic E-state index is 0.143. The molecule has 0 spiro atoms. The summed E-state index contributed by atoms with van der Waals surface area (Å²) in [5.41, 5.74) is 1.02. The van der Waals surface area contributed by atoms with Crippen LogP contribution >= 0.6 is 23.5 Å². The van der Waals surface area contributed by atoms with E-state index < -0.39 is 23.7 Å². The van der Waals surface area contributed by atoms with Crippen molar-refractivity contribution in [1.29, 1.82) is 0 Å². The molecule has 168 valence electrons. The Balaban J connectivity index is 2.78. The average Bonchev–Trinajstić information content (AvgIpc) is 2.78. The first-order chi connectivity index (χ1) is 14.8. The number of hydrogen-bond donors (Lipinski definition) is 1. The molecule has 0 radical (unpaired) electrons. The SMILES string of the molecule is COC(=O)C1=C(C)N(C)C(SCCNC=O)=C(C(=O)OC)C1c1cccc(SC)c1F. The summed E-state index contributed by atoms with van der Waals surface area (Å²) in [6.45, 7) is 2.08. The van der Waals surface area contributed by atoms with Crippen LogP contribution in [0.2, 0.25) is 0 Å². The van der Waals surface area contributed by atoms with Gasteiger partial charge in [0.25, 0.3) is 0 Å². The number of allylic oxidation sites excluding steroid dienone is 1. The number of carbonyl (C=O) groups is 3. The van der Waals surface area contributed by atoms with Crippen molar-refractivity contribution in [3.05, 3.63) is 51.5 Å². The van der Waals surface area contributed by atoms with E-state index in [0.717, 1.165) is 0 Å². The zero-order chi connectivity index (χ0) is 23.1. The van der Waals surface area contributed by atoms with Gasteiger partial charge in [-0.3, -0.25) is 4.79 Å². The number of rotatable bonds is 9. The Morgan fingerprint density at radius 2 is 1.87 bits per heavy atom. The molecular weight excluding hydrogens is 443 g/mol. The van der Waals surface area contributed by atoms with Crippen LogP contribution in [0.25, 0.3) is 0 Å². The first kappa shape index (κ1) is 24.8. The highest BCUT2D eigenvalue weighted by atomic mass is 32.2. The van der Waals surface area contributed by atoms with E-state index in [9.17, 15) is 14.4 Å². The summed E-state index contributed by atoms with van der Waals surface area (Å²) >= 11 is 2.54. The molecule has 0 saturated heterocycles. The molecule has 1 unspecified atom stereocenters. The lowest BCUT2D eigenvalue weighted by molar-refractivity contribution is -0.137. The predicted octanol–water partition coefficient (Wildman–Crippen LogP) is 2.89. The average molecular weight is 469 g/mol. The number of hydrogen-bond acceptors (Lipinski definition) is 8. The number of amides is 1. The van der Waals surface area contributed by atoms with Crippen molar-refractivity contribution in [2.45, 2.75) is 17.7 Å². The van der Waals surface area contributed by atoms with Gasteiger partial charge in [0.05, 0.1) is 36.3 Å². The Kier molecular flexibility index (Phi) is 9.00. The summed E-state index contributed by atoms with van der Waals surface area (Å²) < 4.78 is 25.4. The fourth-order valence-electron chi connectivity index (χ4n) is 3.34. The van der Waals surface area contributed by atoms with E-state index in [-0.39, 0.29) is 16.7 Å². The fourth-order valence-corrected chi connectivity index (χ4v) is 4.95. The summed E-state index contributed by atoms with van der Waals surface area (Å²) in [4.78, 5) is 38.3. The zero-order valence-corrected chi connectivity index (χ0v) is 19.6. The molecule has 1 aromatic rings. The van der Waals surface area contributed by atoms with Gasteiger partial charge >= 0.3 is 11.9 Å². The maximum absolute atomic E-state index is 15.4. The lowest BCUT2D eigenvalue weighted by atomic mass is 9.81. The van der Waals surface area contributed by atoms with Crippen molar-refractivity contribution >= 4 is 41.9 Å². The van der Waals surface area contributed by atoms with Gasteiger partial charge in [0.2, 0.25) is 6.41 Å². The van der Waals surface area contributed by atoms with Crippen LogP contribution in [0.1, 0.15) is 18.4 Å². The number of esters is 2. The highest BCUT2D eigenvalue weighted by Crippen LogP contribution is 2.46. The number of benzene rings is 1. The Bertz CT molecular complexity index is 932. The van der Waals surface area contributed by atoms with Gasteiger partial charge in [-0.2, -0.15) is 0 Å². The Hall–Kier alpha value is -2.46. The van der Waals surface area contributed by atoms with Gasteiger partial charge in [-0.1, -0.05) is 12.1 Å². The molecule has 1 amide bonds. The van der Waals surface area contributed by atoms with Crippen molar-refractivity contribution < 1.29 is 28.2 Å². The molecule has 2 rings (SSSR count). The molecule has 0 bridgehead atoms. The summed E-state index contributed by atoms with van der Waals surface area (Å²) in [7, 11) is 4.19. The monoisotopic (exact) mass is 468 g/mol. The zero-order valence-electron chi connectivity index (χ0n) is 18.0. The summed E-state index contributed by atoms with van der Waals surface area (Å²) in [6.07, 6.45) is 2.34. The molecule has 7 nitrogen and oxygen atoms in total. The third-order valence-corrected chi connectivity index (χ3v) is 6.84. The molecule has 1 aliphatic rings. The van der Waals surface area contributed by atoms with Gasteiger partial charge in [0, 0.05) is 35.5 Å². The lowest BCUT2D eigenvalue weighted by Crippen LogP contribution is -2.34. The number of ether oxygens (including phenoxy) is 2. The molecule has 1 heterocycles. The molecule has 0 aliphatic carbocycles. The number of methoxy groups -OCH3 is 2. The van der Waals surface area contributed by atoms with Gasteiger partial charge < -0.3 is 19.7 Å². The normalized spacial score (nSPS) is 16.3. The van der Waals surface area contributed by atoms with Crippen LogP contribution in [0.3, 0.4) is 0 Å². The molecule has 1 aromatic carbocycles. The molecule has 31 heavy (non-hydrogen) atoms. The van der Waals surface area contributed by atoms with Crippen LogP contribution in [0.15, 0.2) is 45.0 Å². The Morgan fingerprint density at radius 1 is 1.23 bits per heavy atom. The summed E-state index contributed by atoms with van der Waals surface area (Å²) in [6, 6.07) is 4.87. The number of nitrogens with zero attached hydrogens (tertiary/aromatic N) is 1. The lowest BCUT2D eigenvalue weighted by Gasteiger charge is -2.36. The standard InChI is InChI=1S/C21H25FN2O5S2/c1-12-15(20(26)28-3)16(13-7-6-8-14(30-5)18(13)22)17(21(27)29-4)19(24(12)2)31-10-9-23-11-25/h6-8,11,16H,9-10H2,1-5H3,(H,23,25). The molecule has 0 saturated carbocycles. The van der Waals surface area contributed by atoms with Crippen molar-refractivity contribution in [1.82, 2.24) is 10.2 Å². The number of thioether (sulfide) groups is 2. The van der Waals surface area contributed by atoms with E-state index in [1.165, 1.54) is 37.7 Å². The second-order valence-electron chi connectivity index (χ2n) is 6.48. The van der Waals surface area contributed by atoms with Crippen molar-refractivity contribution in [3.8, 4) is 0 Å². The topological polar surface area (TPSA) is 84.9 Å². The van der Waals surface area contributed by atoms with Crippen LogP contribution < -0.4 is 5.32 Å². The van der Waals surface area contributed by atoms with E-state index >= 15 is 4.39 Å². The number of nitrogens with one attached hydrogen (secondary N) is 1. The maximum Gasteiger partial charge on any atom is 0.337 e. The highest BCUT2D eigenvalue weighted by molar-refractivity contribution is 8.03. The first-order valence-electron chi connectivity index (χ1n) is 9.31. The Morgan fingerprint density at radius 3 is 2.45 bits per heavy atom. The minimum Gasteiger partial charge on any atom is -0.466 e. The first-order valence-corrected chi connectivity index (χ1v) is 11.5. The number of halogens is 1. The Labute approximate surface area is 189 Å². The third-order valence-electron chi connectivity index (χ3n) is 4.91. The van der Waals surface area contributed by atoms with Gasteiger partial charge in [-0.15, -0.1) is 23.5 Å². The van der Waals surface area contributed by atoms with E-state index in [2.05, 4.69) is 5.32 Å². The van der Waals surface area contributed by atoms with Gasteiger partial charge in [-0.25, -0.2) is 14.0 Å². The molecular formula is C21H25FN2O5S2. The number of carbonyl (C=O) groups excluding carboxylic acids is 3. The fraction of sp³-hybridized carbons (Fsp3) is 0.381. The molecule has 10 heteroatoms. The molecule has 1 N–H and O–H groups in total. The quantitative estimate of drug-likeness (QED) is 0.256. The molecule has 1 atom stereocenters. The second kappa shape index (κ2) is 11.2. The van der Waals surface area contributed by atoms with Crippen LogP contribution in [0.4, 0.5) is 4.39 Å². The maximum atomic E-state index is 15.4. The van der Waals surface area contributed by atoms with Crippen LogP contribution in [0.5, 0.6) is 0 Å². The predicted molar refractivity (Wildman–Crippen MR) is 119 cm³/mol. The van der Waals surface area contributed by atoms with E-state index in [0.29, 0.717) is 34.3 Å². The molecule has 0 aromatic heterocycles. The van der Waals surface area contributed by atoms with E-state index in [1.807, 2.05) is 0 Å². The van der Waals surface area contributed by atoms with E-state index in [4.69, 9.17) is 9.47 Å². The smallest absolute Gasteiger partial charge is 0.337 e. The van der Waals surface area contributed by atoms with Gasteiger partial charge in [0.15, 0.2) is 0 Å². The minimum atomic E-state index is -1.01. The molecule has 0 fully saturated rings. The van der Waals surface area contributed by atoms with Crippen molar-refractivity contribution in [3.63, 3.8) is 0 Å². The molecule has 1 aliphatic heterocycles. The van der Waals surface area contributed by atoms with Crippen molar-refractivity contribution in [2.75, 3.05) is 39.8 Å². The van der Waals surface area contributed by atoms with Crippen molar-refractivity contribution in [2.24, 2.45) is 0 Å². The van der Waals surface area contributed by atoms with Crippen LogP contribution in [-0.4, -0.2) is 63.1 Å². The third kappa shape index (κ3) is 5.07. The summed E-state index contributed by atoms with van der Waals surface area (Å²) in [5, 5.41) is 3.08. The largest absolute Gasteiger partial charge is 0.466 e. The van der Waals surface area contributed by atoms with Gasteiger partial charge in [-0.05, 0) is 19.2 Å². The van der Waals surface area contributed by atoms with Crippen LogP contribution in [0, 0.1) is 5.82 Å².